The number of carbonyl (C=O) groups is 2. The predicted molar refractivity (Wildman–Crippen MR) is 88.3 cm³/mol. The Bertz CT molecular complexity index is 685. The van der Waals surface area contributed by atoms with Crippen LogP contribution < -0.4 is 5.32 Å². The van der Waals surface area contributed by atoms with Crippen molar-refractivity contribution < 1.29 is 14.3 Å². The summed E-state index contributed by atoms with van der Waals surface area (Å²) in [6.07, 6.45) is 1.93. The molecule has 0 aliphatic heterocycles. The Balaban J connectivity index is 1.91. The minimum Gasteiger partial charge on any atom is -0.452 e. The van der Waals surface area contributed by atoms with Crippen molar-refractivity contribution in [3.05, 3.63) is 59.7 Å². The number of thioether (sulfide) groups is 1. The molecule has 22 heavy (non-hydrogen) atoms. The van der Waals surface area contributed by atoms with E-state index in [1.54, 1.807) is 18.2 Å². The van der Waals surface area contributed by atoms with Crippen molar-refractivity contribution in [2.45, 2.75) is 11.8 Å². The first-order valence-corrected chi connectivity index (χ1v) is 7.99. The maximum Gasteiger partial charge on any atom is 0.338 e. The van der Waals surface area contributed by atoms with Gasteiger partial charge in [-0.05, 0) is 37.4 Å². The molecule has 0 saturated heterocycles. The molecular formula is C17H17NO3S. The van der Waals surface area contributed by atoms with E-state index in [9.17, 15) is 9.59 Å². The van der Waals surface area contributed by atoms with Crippen LogP contribution in [0, 0.1) is 6.92 Å². The highest BCUT2D eigenvalue weighted by Gasteiger charge is 2.11. The smallest absolute Gasteiger partial charge is 0.338 e. The fourth-order valence-corrected chi connectivity index (χ4v) is 2.47. The van der Waals surface area contributed by atoms with Crippen LogP contribution in [0.15, 0.2) is 53.4 Å². The number of esters is 1. The third-order valence-electron chi connectivity index (χ3n) is 2.97. The van der Waals surface area contributed by atoms with Crippen LogP contribution >= 0.6 is 11.8 Å². The Morgan fingerprint density at radius 3 is 2.64 bits per heavy atom. The first kappa shape index (κ1) is 16.1. The molecular weight excluding hydrogens is 298 g/mol. The fourth-order valence-electron chi connectivity index (χ4n) is 1.92. The Hall–Kier alpha value is -2.27. The van der Waals surface area contributed by atoms with Gasteiger partial charge in [-0.15, -0.1) is 11.8 Å². The van der Waals surface area contributed by atoms with Crippen molar-refractivity contribution in [2.24, 2.45) is 0 Å². The number of hydrogen-bond acceptors (Lipinski definition) is 4. The van der Waals surface area contributed by atoms with E-state index < -0.39 is 5.97 Å². The van der Waals surface area contributed by atoms with Crippen LogP contribution in [0.25, 0.3) is 0 Å². The first-order chi connectivity index (χ1) is 10.6. The van der Waals surface area contributed by atoms with E-state index in [0.29, 0.717) is 11.3 Å². The van der Waals surface area contributed by atoms with Crippen molar-refractivity contribution >= 4 is 29.3 Å². The van der Waals surface area contributed by atoms with Crippen molar-refractivity contribution in [1.29, 1.82) is 0 Å². The van der Waals surface area contributed by atoms with Crippen LogP contribution in [0.5, 0.6) is 0 Å². The quantitative estimate of drug-likeness (QED) is 0.677. The number of nitrogens with one attached hydrogen (secondary N) is 1. The maximum absolute atomic E-state index is 11.9. The van der Waals surface area contributed by atoms with E-state index in [1.165, 1.54) is 11.8 Å². The van der Waals surface area contributed by atoms with Crippen molar-refractivity contribution in [2.75, 3.05) is 18.2 Å². The molecule has 0 unspecified atom stereocenters. The summed E-state index contributed by atoms with van der Waals surface area (Å²) >= 11 is 1.54. The lowest BCUT2D eigenvalue weighted by atomic mass is 10.1. The van der Waals surface area contributed by atoms with Gasteiger partial charge < -0.3 is 10.1 Å². The molecule has 0 heterocycles. The highest BCUT2D eigenvalue weighted by atomic mass is 32.2. The molecule has 0 spiro atoms. The number of carbonyl (C=O) groups excluding carboxylic acids is 2. The standard InChI is InChI=1S/C17H17NO3S/c1-12-6-5-7-13(10-12)17(20)21-11-16(19)18-14-8-3-4-9-15(14)22-2/h3-10H,11H2,1-2H3,(H,18,19). The van der Waals surface area contributed by atoms with E-state index >= 15 is 0 Å². The van der Waals surface area contributed by atoms with Crippen molar-refractivity contribution in [3.63, 3.8) is 0 Å². The van der Waals surface area contributed by atoms with Crippen molar-refractivity contribution in [3.8, 4) is 0 Å². The fraction of sp³-hybridized carbons (Fsp3) is 0.176. The Morgan fingerprint density at radius 1 is 1.14 bits per heavy atom. The molecule has 2 aromatic rings. The van der Waals surface area contributed by atoms with E-state index in [4.69, 9.17) is 4.74 Å². The molecule has 0 atom stereocenters. The number of anilines is 1. The van der Waals surface area contributed by atoms with Gasteiger partial charge in [0.15, 0.2) is 6.61 Å². The third-order valence-corrected chi connectivity index (χ3v) is 3.77. The van der Waals surface area contributed by atoms with Gasteiger partial charge in [0.25, 0.3) is 5.91 Å². The Morgan fingerprint density at radius 2 is 1.91 bits per heavy atom. The summed E-state index contributed by atoms with van der Waals surface area (Å²) in [4.78, 5) is 24.7. The molecule has 114 valence electrons. The van der Waals surface area contributed by atoms with Crippen LogP contribution in [0.2, 0.25) is 0 Å². The minimum atomic E-state index is -0.503. The lowest BCUT2D eigenvalue weighted by Crippen LogP contribution is -2.21. The highest BCUT2D eigenvalue weighted by Crippen LogP contribution is 2.24. The van der Waals surface area contributed by atoms with Crippen LogP contribution in [-0.2, 0) is 9.53 Å². The highest BCUT2D eigenvalue weighted by molar-refractivity contribution is 7.98. The number of aryl methyl sites for hydroxylation is 1. The van der Waals surface area contributed by atoms with Crippen LogP contribution in [0.1, 0.15) is 15.9 Å². The summed E-state index contributed by atoms with van der Waals surface area (Å²) in [5.41, 5.74) is 2.12. The zero-order chi connectivity index (χ0) is 15.9. The average molecular weight is 315 g/mol. The van der Waals surface area contributed by atoms with Gasteiger partial charge in [-0.2, -0.15) is 0 Å². The van der Waals surface area contributed by atoms with Gasteiger partial charge in [0, 0.05) is 4.90 Å². The molecule has 0 bridgehead atoms. The van der Waals surface area contributed by atoms with Gasteiger partial charge in [-0.3, -0.25) is 4.79 Å². The molecule has 0 aliphatic rings. The minimum absolute atomic E-state index is 0.310. The number of rotatable bonds is 5. The summed E-state index contributed by atoms with van der Waals surface area (Å²) in [7, 11) is 0. The number of benzene rings is 2. The normalized spacial score (nSPS) is 10.1. The predicted octanol–water partition coefficient (Wildman–Crippen LogP) is 3.51. The summed E-state index contributed by atoms with van der Waals surface area (Å²) < 4.78 is 5.03. The van der Waals surface area contributed by atoms with Crippen LogP contribution in [-0.4, -0.2) is 24.7 Å². The van der Waals surface area contributed by atoms with Crippen molar-refractivity contribution in [1.82, 2.24) is 0 Å². The molecule has 2 aromatic carbocycles. The Kier molecular flexibility index (Phi) is 5.61. The molecule has 0 aromatic heterocycles. The first-order valence-electron chi connectivity index (χ1n) is 6.77. The summed E-state index contributed by atoms with van der Waals surface area (Å²) in [6, 6.07) is 14.5. The monoisotopic (exact) mass is 315 g/mol. The lowest BCUT2D eigenvalue weighted by Gasteiger charge is -2.09. The van der Waals surface area contributed by atoms with Crippen LogP contribution in [0.3, 0.4) is 0 Å². The molecule has 1 amide bonds. The van der Waals surface area contributed by atoms with E-state index in [1.807, 2.05) is 43.5 Å². The number of ether oxygens (including phenoxy) is 1. The second-order valence-corrected chi connectivity index (χ2v) is 5.54. The number of hydrogen-bond donors (Lipinski definition) is 1. The maximum atomic E-state index is 11.9. The molecule has 4 nitrogen and oxygen atoms in total. The molecule has 0 fully saturated rings. The molecule has 1 N–H and O–H groups in total. The number of amides is 1. The van der Waals surface area contributed by atoms with Gasteiger partial charge in [-0.25, -0.2) is 4.79 Å². The SMILES string of the molecule is CSc1ccccc1NC(=O)COC(=O)c1cccc(C)c1. The van der Waals surface area contributed by atoms with E-state index in [2.05, 4.69) is 5.32 Å². The average Bonchev–Trinajstić information content (AvgIpc) is 2.53. The van der Waals surface area contributed by atoms with Gasteiger partial charge in [0.1, 0.15) is 0 Å². The van der Waals surface area contributed by atoms with Gasteiger partial charge in [-0.1, -0.05) is 29.8 Å². The third kappa shape index (κ3) is 4.36. The van der Waals surface area contributed by atoms with E-state index in [0.717, 1.165) is 10.5 Å². The molecule has 0 saturated carbocycles. The molecule has 0 radical (unpaired) electrons. The molecule has 0 aliphatic carbocycles. The Labute approximate surface area is 133 Å². The lowest BCUT2D eigenvalue weighted by molar-refractivity contribution is -0.119. The van der Waals surface area contributed by atoms with Crippen LogP contribution in [0.4, 0.5) is 5.69 Å². The summed E-state index contributed by atoms with van der Waals surface area (Å²) in [6.45, 7) is 1.58. The second-order valence-electron chi connectivity index (χ2n) is 4.69. The number of para-hydroxylation sites is 1. The van der Waals surface area contributed by atoms with E-state index in [-0.39, 0.29) is 12.5 Å². The van der Waals surface area contributed by atoms with Gasteiger partial charge in [0.05, 0.1) is 11.3 Å². The second kappa shape index (κ2) is 7.66. The summed E-state index contributed by atoms with van der Waals surface area (Å²) in [5.74, 6) is -0.862. The zero-order valence-corrected chi connectivity index (χ0v) is 13.3. The molecule has 5 heteroatoms. The van der Waals surface area contributed by atoms with Gasteiger partial charge in [0.2, 0.25) is 0 Å². The zero-order valence-electron chi connectivity index (χ0n) is 12.5. The summed E-state index contributed by atoms with van der Waals surface area (Å²) in [5, 5.41) is 2.74. The van der Waals surface area contributed by atoms with Gasteiger partial charge >= 0.3 is 5.97 Å². The molecule has 2 rings (SSSR count). The largest absolute Gasteiger partial charge is 0.452 e. The topological polar surface area (TPSA) is 55.4 Å².